The number of fused-ring (bicyclic) bond motifs is 1. The van der Waals surface area contributed by atoms with Crippen molar-refractivity contribution in [3.05, 3.63) is 47.3 Å². The molecule has 0 radical (unpaired) electrons. The van der Waals surface area contributed by atoms with E-state index in [1.165, 1.54) is 30.3 Å². The summed E-state index contributed by atoms with van der Waals surface area (Å²) in [5, 5.41) is 14.5. The number of carbonyl (C=O) groups excluding carboxylic acids is 2. The normalized spacial score (nSPS) is 26.8. The number of halogens is 3. The Hall–Kier alpha value is -3.18. The molecule has 0 bridgehead atoms. The van der Waals surface area contributed by atoms with Gasteiger partial charge in [0.1, 0.15) is 17.6 Å². The van der Waals surface area contributed by atoms with Crippen LogP contribution in [0, 0.1) is 5.41 Å². The van der Waals surface area contributed by atoms with Crippen molar-refractivity contribution in [2.45, 2.75) is 103 Å². The molecule has 4 rings (SSSR count). The van der Waals surface area contributed by atoms with Crippen LogP contribution >= 0.6 is 0 Å². The molecule has 224 valence electrons. The second-order valence-electron chi connectivity index (χ2n) is 11.7. The Labute approximate surface area is 237 Å². The summed E-state index contributed by atoms with van der Waals surface area (Å²) in [5.74, 6) is -0.628. The number of ketones is 1. The molecule has 1 aromatic carbocycles. The van der Waals surface area contributed by atoms with Crippen molar-refractivity contribution in [3.8, 4) is 5.69 Å². The van der Waals surface area contributed by atoms with E-state index in [1.54, 1.807) is 20.8 Å². The Morgan fingerprint density at radius 2 is 1.83 bits per heavy atom. The number of carbonyl (C=O) groups is 2. The summed E-state index contributed by atoms with van der Waals surface area (Å²) < 4.78 is 54.1. The molecule has 1 aromatic heterocycles. The van der Waals surface area contributed by atoms with E-state index in [2.05, 4.69) is 5.10 Å². The highest BCUT2D eigenvalue weighted by atomic mass is 19.4. The molecule has 0 aliphatic carbocycles. The molecule has 2 aromatic rings. The minimum atomic E-state index is -4.65. The van der Waals surface area contributed by atoms with Crippen LogP contribution in [-0.4, -0.2) is 51.1 Å². The van der Waals surface area contributed by atoms with Gasteiger partial charge in [0.15, 0.2) is 0 Å². The Bertz CT molecular complexity index is 1270. The number of nitrogens with two attached hydrogens (primary N) is 1. The summed E-state index contributed by atoms with van der Waals surface area (Å²) in [4.78, 5) is 25.7. The van der Waals surface area contributed by atoms with E-state index in [4.69, 9.17) is 15.2 Å². The van der Waals surface area contributed by atoms with Crippen molar-refractivity contribution in [3.63, 3.8) is 0 Å². The Kier molecular flexibility index (Phi) is 9.28. The highest BCUT2D eigenvalue weighted by Crippen LogP contribution is 2.36. The van der Waals surface area contributed by atoms with Gasteiger partial charge in [-0.2, -0.15) is 18.3 Å². The van der Waals surface area contributed by atoms with Crippen LogP contribution < -0.4 is 5.73 Å². The minimum absolute atomic E-state index is 0.0163. The molecule has 2 aliphatic rings. The van der Waals surface area contributed by atoms with Gasteiger partial charge in [0.2, 0.25) is 0 Å². The number of epoxide rings is 1. The van der Waals surface area contributed by atoms with E-state index in [9.17, 15) is 27.9 Å². The summed E-state index contributed by atoms with van der Waals surface area (Å²) in [7, 11) is 0. The average Bonchev–Trinajstić information content (AvgIpc) is 3.48. The number of anilines is 1. The summed E-state index contributed by atoms with van der Waals surface area (Å²) in [6, 6.07) is 6.87. The molecular weight excluding hydrogens is 539 g/mol. The molecule has 41 heavy (non-hydrogen) atoms. The lowest BCUT2D eigenvalue weighted by atomic mass is 9.80. The second-order valence-corrected chi connectivity index (χ2v) is 11.7. The third kappa shape index (κ3) is 8.19. The molecule has 11 heteroatoms. The lowest BCUT2D eigenvalue weighted by Crippen LogP contribution is -2.30. The van der Waals surface area contributed by atoms with Crippen LogP contribution in [0.1, 0.15) is 83.5 Å². The van der Waals surface area contributed by atoms with Crippen molar-refractivity contribution < 1.29 is 37.3 Å². The van der Waals surface area contributed by atoms with Crippen molar-refractivity contribution in [2.75, 3.05) is 5.73 Å². The molecule has 0 saturated carbocycles. The zero-order valence-corrected chi connectivity index (χ0v) is 23.6. The Balaban J connectivity index is 1.57. The predicted molar refractivity (Wildman–Crippen MR) is 147 cm³/mol. The van der Waals surface area contributed by atoms with Crippen molar-refractivity contribution in [2.24, 2.45) is 5.41 Å². The lowest BCUT2D eigenvalue weighted by molar-refractivity contribution is -0.148. The summed E-state index contributed by atoms with van der Waals surface area (Å²) in [5.41, 5.74) is 5.15. The van der Waals surface area contributed by atoms with Gasteiger partial charge in [-0.15, -0.1) is 0 Å². The maximum atomic E-state index is 13.9. The van der Waals surface area contributed by atoms with Gasteiger partial charge in [-0.1, -0.05) is 26.7 Å². The van der Waals surface area contributed by atoms with Crippen molar-refractivity contribution >= 4 is 23.5 Å². The van der Waals surface area contributed by atoms with Gasteiger partial charge < -0.3 is 20.3 Å². The van der Waals surface area contributed by atoms with E-state index < -0.39 is 35.5 Å². The number of aromatic nitrogens is 2. The van der Waals surface area contributed by atoms with Crippen LogP contribution in [0.15, 0.2) is 35.9 Å². The molecule has 2 saturated heterocycles. The largest absolute Gasteiger partial charge is 0.458 e. The first-order chi connectivity index (χ1) is 19.2. The predicted octanol–water partition coefficient (Wildman–Crippen LogP) is 5.65. The van der Waals surface area contributed by atoms with Crippen LogP contribution in [0.5, 0.6) is 0 Å². The zero-order chi connectivity index (χ0) is 29.9. The van der Waals surface area contributed by atoms with Crippen LogP contribution in [0.4, 0.5) is 18.9 Å². The summed E-state index contributed by atoms with van der Waals surface area (Å²) >= 11 is 0. The number of alkyl halides is 3. The average molecular weight is 578 g/mol. The number of Topliss-reactive ketones (excluding diaryl/α,β-unsaturated/α-hetero) is 1. The fourth-order valence-corrected chi connectivity index (χ4v) is 5.08. The third-order valence-electron chi connectivity index (χ3n) is 7.85. The number of esters is 1. The number of aliphatic hydroxyl groups is 1. The number of nitrogens with zero attached hydrogens (tertiary/aromatic N) is 2. The van der Waals surface area contributed by atoms with Crippen LogP contribution in [0.2, 0.25) is 0 Å². The number of hydrogen-bond donors (Lipinski definition) is 2. The van der Waals surface area contributed by atoms with E-state index >= 15 is 0 Å². The van der Waals surface area contributed by atoms with E-state index in [-0.39, 0.29) is 48.6 Å². The topological polar surface area (TPSA) is 120 Å². The second kappa shape index (κ2) is 12.4. The number of ether oxygens (including phenoxy) is 2. The standard InChI is InChI=1S/C30H38F3N3O5/c1-18(14-20-15-26(30(31,32)33)36(35-20)21-10-8-19(34)9-11-21)24-17-25-23(40-25)7-5-4-6-22(37)16-27(38)29(2,3)13-12-28(39)41-24/h8-11,14-15,22-25,37H,4-7,12-13,16-17,34H2,1-3H3/b18-14+. The Morgan fingerprint density at radius 3 is 2.51 bits per heavy atom. The van der Waals surface area contributed by atoms with Gasteiger partial charge in [-0.3, -0.25) is 9.59 Å². The zero-order valence-electron chi connectivity index (χ0n) is 23.6. The quantitative estimate of drug-likeness (QED) is 0.275. The van der Waals surface area contributed by atoms with E-state index in [1.807, 2.05) is 0 Å². The molecule has 3 N–H and O–H groups in total. The molecule has 2 fully saturated rings. The fourth-order valence-electron chi connectivity index (χ4n) is 5.08. The molecule has 3 heterocycles. The fraction of sp³-hybridized carbons (Fsp3) is 0.567. The van der Waals surface area contributed by atoms with Gasteiger partial charge >= 0.3 is 12.1 Å². The maximum Gasteiger partial charge on any atom is 0.433 e. The van der Waals surface area contributed by atoms with Gasteiger partial charge in [-0.25, -0.2) is 4.68 Å². The molecule has 0 amide bonds. The monoisotopic (exact) mass is 577 g/mol. The SMILES string of the molecule is C/C(=C\c1cc(C(F)(F)F)n(-c2ccc(N)cc2)n1)C1CC2OC2CCCCC(O)CC(=O)C(C)(C)CCC(=O)O1. The van der Waals surface area contributed by atoms with Gasteiger partial charge in [0.05, 0.1) is 29.7 Å². The third-order valence-corrected chi connectivity index (χ3v) is 7.85. The first kappa shape index (κ1) is 30.8. The van der Waals surface area contributed by atoms with E-state index in [0.29, 0.717) is 24.1 Å². The maximum absolute atomic E-state index is 13.9. The number of nitrogen functional groups attached to an aromatic ring is 1. The molecule has 2 aliphatic heterocycles. The van der Waals surface area contributed by atoms with Gasteiger partial charge in [0.25, 0.3) is 0 Å². The highest BCUT2D eigenvalue weighted by molar-refractivity contribution is 5.85. The van der Waals surface area contributed by atoms with Crippen LogP contribution in [-0.2, 0) is 25.2 Å². The molecule has 4 atom stereocenters. The van der Waals surface area contributed by atoms with E-state index in [0.717, 1.165) is 30.0 Å². The number of benzene rings is 1. The van der Waals surface area contributed by atoms with Crippen molar-refractivity contribution in [1.82, 2.24) is 9.78 Å². The first-order valence-electron chi connectivity index (χ1n) is 14.0. The van der Waals surface area contributed by atoms with Crippen LogP contribution in [0.25, 0.3) is 11.8 Å². The molecular formula is C30H38F3N3O5. The van der Waals surface area contributed by atoms with Crippen molar-refractivity contribution in [1.29, 1.82) is 0 Å². The van der Waals surface area contributed by atoms with Gasteiger partial charge in [-0.05, 0) is 68.2 Å². The highest BCUT2D eigenvalue weighted by Gasteiger charge is 2.41. The van der Waals surface area contributed by atoms with Crippen LogP contribution in [0.3, 0.4) is 0 Å². The number of aliphatic hydroxyl groups excluding tert-OH is 1. The number of cyclic esters (lactones) is 1. The lowest BCUT2D eigenvalue weighted by Gasteiger charge is -2.25. The minimum Gasteiger partial charge on any atom is -0.458 e. The summed E-state index contributed by atoms with van der Waals surface area (Å²) in [6.45, 7) is 5.19. The van der Waals surface area contributed by atoms with Gasteiger partial charge in [0, 0.05) is 30.4 Å². The Morgan fingerprint density at radius 1 is 1.15 bits per heavy atom. The summed E-state index contributed by atoms with van der Waals surface area (Å²) in [6.07, 6.45) is -1.28. The number of rotatable bonds is 3. The first-order valence-corrected chi connectivity index (χ1v) is 14.0. The number of hydrogen-bond acceptors (Lipinski definition) is 7. The molecule has 0 spiro atoms. The molecule has 8 nitrogen and oxygen atoms in total. The molecule has 4 unspecified atom stereocenters. The smallest absolute Gasteiger partial charge is 0.433 e.